The minimum atomic E-state index is -0.294. The Morgan fingerprint density at radius 3 is 2.60 bits per heavy atom. The molecule has 0 aliphatic carbocycles. The van der Waals surface area contributed by atoms with Gasteiger partial charge < -0.3 is 4.74 Å². The summed E-state index contributed by atoms with van der Waals surface area (Å²) in [4.78, 5) is 20.1. The van der Waals surface area contributed by atoms with Gasteiger partial charge in [0, 0.05) is 11.6 Å². The van der Waals surface area contributed by atoms with Gasteiger partial charge >= 0.3 is 0 Å². The zero-order valence-electron chi connectivity index (χ0n) is 11.4. The van der Waals surface area contributed by atoms with Gasteiger partial charge in [0.25, 0.3) is 5.91 Å². The van der Waals surface area contributed by atoms with Crippen LogP contribution in [0, 0.1) is 13.8 Å². The van der Waals surface area contributed by atoms with Crippen LogP contribution in [0.25, 0.3) is 0 Å². The number of hydrogen-bond acceptors (Lipinski definition) is 4. The average Bonchev–Trinajstić information content (AvgIpc) is 2.41. The van der Waals surface area contributed by atoms with E-state index in [1.54, 1.807) is 6.07 Å². The van der Waals surface area contributed by atoms with Gasteiger partial charge in [-0.3, -0.25) is 10.1 Å². The van der Waals surface area contributed by atoms with E-state index in [0.29, 0.717) is 11.4 Å². The van der Waals surface area contributed by atoms with Crippen molar-refractivity contribution in [3.8, 4) is 5.88 Å². The van der Waals surface area contributed by atoms with Gasteiger partial charge in [0.05, 0.1) is 7.11 Å². The van der Waals surface area contributed by atoms with E-state index >= 15 is 0 Å². The predicted octanol–water partition coefficient (Wildman–Crippen LogP) is 3.01. The number of carbonyl (C=O) groups is 1. The number of rotatable bonds is 3. The number of halogens is 1. The standard InChI is InChI=1S/C14H14ClN3O2/c1-8-4-5-10(6-9(8)2)13(19)18-14-16-11(15)7-12(17-14)20-3/h4-7H,1-3H3,(H,16,17,18,19). The van der Waals surface area contributed by atoms with Crippen LogP contribution < -0.4 is 10.1 Å². The van der Waals surface area contributed by atoms with Crippen LogP contribution in [-0.2, 0) is 0 Å². The summed E-state index contributed by atoms with van der Waals surface area (Å²) in [5.74, 6) is 0.107. The third-order valence-corrected chi connectivity index (χ3v) is 3.07. The van der Waals surface area contributed by atoms with E-state index in [0.717, 1.165) is 11.1 Å². The molecule has 5 nitrogen and oxygen atoms in total. The van der Waals surface area contributed by atoms with Gasteiger partial charge in [0.2, 0.25) is 11.8 Å². The zero-order valence-corrected chi connectivity index (χ0v) is 12.2. The van der Waals surface area contributed by atoms with Gasteiger partial charge in [0.15, 0.2) is 0 Å². The maximum Gasteiger partial charge on any atom is 0.258 e. The first kappa shape index (κ1) is 14.3. The molecule has 0 bridgehead atoms. The van der Waals surface area contributed by atoms with E-state index < -0.39 is 0 Å². The highest BCUT2D eigenvalue weighted by Crippen LogP contribution is 2.17. The second-order valence-electron chi connectivity index (χ2n) is 4.31. The second-order valence-corrected chi connectivity index (χ2v) is 4.70. The zero-order chi connectivity index (χ0) is 14.7. The Bertz CT molecular complexity index is 659. The fraction of sp³-hybridized carbons (Fsp3) is 0.214. The summed E-state index contributed by atoms with van der Waals surface area (Å²) in [7, 11) is 1.47. The van der Waals surface area contributed by atoms with Crippen LogP contribution in [0.1, 0.15) is 21.5 Å². The smallest absolute Gasteiger partial charge is 0.258 e. The fourth-order valence-electron chi connectivity index (χ4n) is 1.61. The number of methoxy groups -OCH3 is 1. The van der Waals surface area contributed by atoms with Crippen molar-refractivity contribution in [1.29, 1.82) is 0 Å². The number of carbonyl (C=O) groups excluding carboxylic acids is 1. The Kier molecular flexibility index (Phi) is 4.20. The van der Waals surface area contributed by atoms with Crippen LogP contribution >= 0.6 is 11.6 Å². The number of ether oxygens (including phenoxy) is 1. The van der Waals surface area contributed by atoms with Crippen molar-refractivity contribution in [2.75, 3.05) is 12.4 Å². The molecule has 20 heavy (non-hydrogen) atoms. The number of amides is 1. The number of hydrogen-bond donors (Lipinski definition) is 1. The molecule has 6 heteroatoms. The quantitative estimate of drug-likeness (QED) is 0.883. The van der Waals surface area contributed by atoms with Crippen molar-refractivity contribution in [3.05, 3.63) is 46.1 Å². The number of benzene rings is 1. The van der Waals surface area contributed by atoms with Crippen molar-refractivity contribution >= 4 is 23.5 Å². The van der Waals surface area contributed by atoms with Gasteiger partial charge in [0.1, 0.15) is 5.15 Å². The van der Waals surface area contributed by atoms with E-state index in [-0.39, 0.29) is 17.0 Å². The Hall–Kier alpha value is -2.14. The van der Waals surface area contributed by atoms with Gasteiger partial charge in [-0.2, -0.15) is 4.98 Å². The molecule has 0 atom stereocenters. The molecule has 0 saturated heterocycles. The molecule has 104 valence electrons. The highest BCUT2D eigenvalue weighted by Gasteiger charge is 2.10. The van der Waals surface area contributed by atoms with Gasteiger partial charge in [-0.05, 0) is 37.1 Å². The van der Waals surface area contributed by atoms with E-state index in [4.69, 9.17) is 16.3 Å². The minimum Gasteiger partial charge on any atom is -0.481 e. The SMILES string of the molecule is COc1cc(Cl)nc(NC(=O)c2ccc(C)c(C)c2)n1. The lowest BCUT2D eigenvalue weighted by Gasteiger charge is -2.07. The molecule has 1 N–H and O–H groups in total. The molecule has 0 aliphatic rings. The Morgan fingerprint density at radius 2 is 1.95 bits per heavy atom. The summed E-state index contributed by atoms with van der Waals surface area (Å²) < 4.78 is 4.97. The normalized spacial score (nSPS) is 10.2. The highest BCUT2D eigenvalue weighted by molar-refractivity contribution is 6.29. The number of anilines is 1. The summed E-state index contributed by atoms with van der Waals surface area (Å²) in [6.07, 6.45) is 0. The minimum absolute atomic E-state index is 0.109. The molecule has 0 fully saturated rings. The van der Waals surface area contributed by atoms with Crippen molar-refractivity contribution in [3.63, 3.8) is 0 Å². The number of aryl methyl sites for hydroxylation is 2. The van der Waals surface area contributed by atoms with Crippen LogP contribution in [0.3, 0.4) is 0 Å². The van der Waals surface area contributed by atoms with Crippen LogP contribution in [0.4, 0.5) is 5.95 Å². The van der Waals surface area contributed by atoms with Crippen LogP contribution in [0.5, 0.6) is 5.88 Å². The molecule has 1 heterocycles. The molecule has 0 aliphatic heterocycles. The van der Waals surface area contributed by atoms with E-state index in [1.807, 2.05) is 26.0 Å². The monoisotopic (exact) mass is 291 g/mol. The first-order chi connectivity index (χ1) is 9.49. The van der Waals surface area contributed by atoms with Gasteiger partial charge in [-0.15, -0.1) is 0 Å². The third kappa shape index (κ3) is 3.24. The highest BCUT2D eigenvalue weighted by atomic mass is 35.5. The molecule has 0 unspecified atom stereocenters. The summed E-state index contributed by atoms with van der Waals surface area (Å²) in [6, 6.07) is 6.92. The van der Waals surface area contributed by atoms with Crippen molar-refractivity contribution < 1.29 is 9.53 Å². The molecule has 1 aromatic carbocycles. The largest absolute Gasteiger partial charge is 0.481 e. The summed E-state index contributed by atoms with van der Waals surface area (Å²) in [6.45, 7) is 3.94. The van der Waals surface area contributed by atoms with Crippen LogP contribution in [0.2, 0.25) is 5.15 Å². The maximum absolute atomic E-state index is 12.1. The third-order valence-electron chi connectivity index (χ3n) is 2.87. The van der Waals surface area contributed by atoms with E-state index in [9.17, 15) is 4.79 Å². The second kappa shape index (κ2) is 5.88. The van der Waals surface area contributed by atoms with Gasteiger partial charge in [-0.25, -0.2) is 4.98 Å². The molecular formula is C14H14ClN3O2. The van der Waals surface area contributed by atoms with Crippen molar-refractivity contribution in [2.45, 2.75) is 13.8 Å². The molecule has 1 amide bonds. The first-order valence-corrected chi connectivity index (χ1v) is 6.34. The predicted molar refractivity (Wildman–Crippen MR) is 77.5 cm³/mol. The topological polar surface area (TPSA) is 64.1 Å². The summed E-state index contributed by atoms with van der Waals surface area (Å²) in [5, 5.41) is 2.80. The fourth-order valence-corrected chi connectivity index (χ4v) is 1.79. The number of nitrogens with one attached hydrogen (secondary N) is 1. The molecule has 0 radical (unpaired) electrons. The van der Waals surface area contributed by atoms with E-state index in [1.165, 1.54) is 13.2 Å². The summed E-state index contributed by atoms with van der Waals surface area (Å²) >= 11 is 5.82. The lowest BCUT2D eigenvalue weighted by molar-refractivity contribution is 0.102. The molecular weight excluding hydrogens is 278 g/mol. The van der Waals surface area contributed by atoms with Crippen LogP contribution in [0.15, 0.2) is 24.3 Å². The molecule has 0 saturated carbocycles. The first-order valence-electron chi connectivity index (χ1n) is 5.97. The Balaban J connectivity index is 2.23. The Morgan fingerprint density at radius 1 is 1.20 bits per heavy atom. The van der Waals surface area contributed by atoms with E-state index in [2.05, 4.69) is 15.3 Å². The molecule has 2 aromatic rings. The molecule has 2 rings (SSSR count). The lowest BCUT2D eigenvalue weighted by atomic mass is 10.1. The summed E-state index contributed by atoms with van der Waals surface area (Å²) in [5.41, 5.74) is 2.71. The molecule has 0 spiro atoms. The Labute approximate surface area is 122 Å². The average molecular weight is 292 g/mol. The number of nitrogens with zero attached hydrogens (tertiary/aromatic N) is 2. The molecule has 1 aromatic heterocycles. The maximum atomic E-state index is 12.1. The van der Waals surface area contributed by atoms with Crippen molar-refractivity contribution in [2.24, 2.45) is 0 Å². The van der Waals surface area contributed by atoms with Gasteiger partial charge in [-0.1, -0.05) is 17.7 Å². The lowest BCUT2D eigenvalue weighted by Crippen LogP contribution is -2.14. The number of aromatic nitrogens is 2. The van der Waals surface area contributed by atoms with Crippen molar-refractivity contribution in [1.82, 2.24) is 9.97 Å². The van der Waals surface area contributed by atoms with Crippen LogP contribution in [-0.4, -0.2) is 23.0 Å².